The third kappa shape index (κ3) is 6.20. The Hall–Kier alpha value is -4.60. The van der Waals surface area contributed by atoms with Gasteiger partial charge in [0, 0.05) is 12.2 Å². The smallest absolute Gasteiger partial charge is 0.247 e. The molecule has 38 heavy (non-hydrogen) atoms. The Morgan fingerprint density at radius 1 is 0.974 bits per heavy atom. The van der Waals surface area contributed by atoms with E-state index in [-0.39, 0.29) is 35.9 Å². The summed E-state index contributed by atoms with van der Waals surface area (Å²) in [5.41, 5.74) is 1.36. The van der Waals surface area contributed by atoms with Crippen molar-refractivity contribution in [2.75, 3.05) is 11.9 Å². The van der Waals surface area contributed by atoms with Crippen molar-refractivity contribution in [1.82, 2.24) is 19.7 Å². The average molecular weight is 518 g/mol. The minimum absolute atomic E-state index is 0.0151. The largest absolute Gasteiger partial charge is 0.457 e. The highest BCUT2D eigenvalue weighted by Crippen LogP contribution is 2.29. The number of carbonyl (C=O) groups is 2. The summed E-state index contributed by atoms with van der Waals surface area (Å²) in [7, 11) is 0. The summed E-state index contributed by atoms with van der Waals surface area (Å²) in [6.07, 6.45) is 3.78. The number of likely N-dealkylation sites (tertiary alicyclic amines) is 1. The Bertz CT molecular complexity index is 1400. The fourth-order valence-electron chi connectivity index (χ4n) is 4.61. The molecule has 2 unspecified atom stereocenters. The topological polar surface area (TPSA) is 89.4 Å². The molecule has 194 valence electrons. The lowest BCUT2D eigenvalue weighted by atomic mass is 9.96. The number of hydrogen-bond donors (Lipinski definition) is 1. The van der Waals surface area contributed by atoms with Gasteiger partial charge in [-0.2, -0.15) is 5.10 Å². The van der Waals surface area contributed by atoms with Crippen LogP contribution in [0.5, 0.6) is 11.5 Å². The number of ether oxygens (including phenoxy) is 1. The van der Waals surface area contributed by atoms with Crippen LogP contribution in [0.2, 0.25) is 0 Å². The normalized spacial score (nSPS) is 16.8. The third-order valence-corrected chi connectivity index (χ3v) is 6.36. The van der Waals surface area contributed by atoms with E-state index in [0.717, 1.165) is 5.56 Å². The SMILES string of the molecule is O=C(Nc1ccc(Oc2ccc(F)cc2)cc1)C1CC(Cc2cccc(F)c2)CN1C(=O)Cn1cncn1. The molecule has 4 aromatic rings. The van der Waals surface area contributed by atoms with Gasteiger partial charge in [-0.05, 0) is 85.0 Å². The summed E-state index contributed by atoms with van der Waals surface area (Å²) in [5, 5.41) is 6.88. The van der Waals surface area contributed by atoms with Crippen molar-refractivity contribution in [1.29, 1.82) is 0 Å². The van der Waals surface area contributed by atoms with Gasteiger partial charge in [0.2, 0.25) is 11.8 Å². The van der Waals surface area contributed by atoms with Crippen LogP contribution < -0.4 is 10.1 Å². The van der Waals surface area contributed by atoms with Crippen LogP contribution in [0.3, 0.4) is 0 Å². The van der Waals surface area contributed by atoms with Gasteiger partial charge in [-0.15, -0.1) is 0 Å². The molecule has 1 aromatic heterocycles. The first-order valence-electron chi connectivity index (χ1n) is 12.1. The maximum absolute atomic E-state index is 13.7. The van der Waals surface area contributed by atoms with Crippen molar-refractivity contribution in [3.63, 3.8) is 0 Å². The van der Waals surface area contributed by atoms with E-state index in [4.69, 9.17) is 4.74 Å². The second-order valence-corrected chi connectivity index (χ2v) is 9.16. The quantitative estimate of drug-likeness (QED) is 0.373. The molecule has 0 aliphatic carbocycles. The summed E-state index contributed by atoms with van der Waals surface area (Å²) in [5.74, 6) is -0.240. The number of carbonyl (C=O) groups excluding carboxylic acids is 2. The van der Waals surface area contributed by atoms with Gasteiger partial charge in [0.25, 0.3) is 0 Å². The van der Waals surface area contributed by atoms with E-state index in [9.17, 15) is 18.4 Å². The number of hydrogen-bond acceptors (Lipinski definition) is 5. The van der Waals surface area contributed by atoms with Gasteiger partial charge in [0.15, 0.2) is 0 Å². The average Bonchev–Trinajstić information content (AvgIpc) is 3.57. The highest BCUT2D eigenvalue weighted by molar-refractivity contribution is 5.97. The van der Waals surface area contributed by atoms with Crippen LogP contribution in [0.4, 0.5) is 14.5 Å². The molecule has 10 heteroatoms. The van der Waals surface area contributed by atoms with E-state index < -0.39 is 6.04 Å². The van der Waals surface area contributed by atoms with Crippen molar-refractivity contribution in [2.45, 2.75) is 25.4 Å². The van der Waals surface area contributed by atoms with Gasteiger partial charge < -0.3 is 15.0 Å². The Morgan fingerprint density at radius 3 is 2.39 bits per heavy atom. The standard InChI is InChI=1S/C28H25F2N5O3/c29-21-4-8-24(9-5-21)38-25-10-6-23(7-11-25)33-28(37)26-14-20(12-19-2-1-3-22(30)13-19)15-35(26)27(36)16-34-18-31-17-32-34/h1-11,13,17-18,20,26H,12,14-16H2,(H,33,37). The van der Waals surface area contributed by atoms with E-state index in [1.165, 1.54) is 53.7 Å². The summed E-state index contributed by atoms with van der Waals surface area (Å²) in [6, 6.07) is 18.1. The van der Waals surface area contributed by atoms with Gasteiger partial charge in [0.05, 0.1) is 0 Å². The molecule has 0 saturated carbocycles. The van der Waals surface area contributed by atoms with Crippen LogP contribution in [0.15, 0.2) is 85.5 Å². The molecule has 5 rings (SSSR count). The van der Waals surface area contributed by atoms with Crippen LogP contribution in [0, 0.1) is 17.6 Å². The number of aromatic nitrogens is 3. The van der Waals surface area contributed by atoms with Crippen LogP contribution in [0.25, 0.3) is 0 Å². The molecule has 2 atom stereocenters. The van der Waals surface area contributed by atoms with Gasteiger partial charge in [-0.3, -0.25) is 9.59 Å². The highest BCUT2D eigenvalue weighted by atomic mass is 19.1. The van der Waals surface area contributed by atoms with Crippen LogP contribution in [-0.2, 0) is 22.6 Å². The zero-order valence-electron chi connectivity index (χ0n) is 20.3. The number of benzene rings is 3. The Morgan fingerprint density at radius 2 is 1.71 bits per heavy atom. The molecule has 1 aliphatic rings. The summed E-state index contributed by atoms with van der Waals surface area (Å²) < 4.78 is 33.9. The molecule has 1 saturated heterocycles. The van der Waals surface area contributed by atoms with Crippen molar-refractivity contribution >= 4 is 17.5 Å². The molecular formula is C28H25F2N5O3. The summed E-state index contributed by atoms with van der Waals surface area (Å²) >= 11 is 0. The predicted octanol–water partition coefficient (Wildman–Crippen LogP) is 4.45. The molecule has 0 bridgehead atoms. The zero-order chi connectivity index (χ0) is 26.5. The first-order chi connectivity index (χ1) is 18.4. The minimum Gasteiger partial charge on any atom is -0.457 e. The maximum atomic E-state index is 13.7. The zero-order valence-corrected chi connectivity index (χ0v) is 20.3. The van der Waals surface area contributed by atoms with E-state index in [2.05, 4.69) is 15.4 Å². The first-order valence-corrected chi connectivity index (χ1v) is 12.1. The third-order valence-electron chi connectivity index (χ3n) is 6.36. The maximum Gasteiger partial charge on any atom is 0.247 e. The Kier molecular flexibility index (Phi) is 7.39. The Labute approximate surface area is 217 Å². The van der Waals surface area contributed by atoms with E-state index in [1.807, 2.05) is 6.07 Å². The van der Waals surface area contributed by atoms with Crippen molar-refractivity contribution in [2.24, 2.45) is 5.92 Å². The van der Waals surface area contributed by atoms with Crippen LogP contribution in [-0.4, -0.2) is 44.1 Å². The lowest BCUT2D eigenvalue weighted by Gasteiger charge is -2.24. The number of amides is 2. The molecule has 2 amide bonds. The van der Waals surface area contributed by atoms with Gasteiger partial charge in [-0.1, -0.05) is 12.1 Å². The van der Waals surface area contributed by atoms with Crippen LogP contribution >= 0.6 is 0 Å². The molecular weight excluding hydrogens is 492 g/mol. The molecule has 2 heterocycles. The van der Waals surface area contributed by atoms with Gasteiger partial charge in [-0.25, -0.2) is 18.4 Å². The predicted molar refractivity (Wildman–Crippen MR) is 135 cm³/mol. The first kappa shape index (κ1) is 25.1. The van der Waals surface area contributed by atoms with Crippen molar-refractivity contribution < 1.29 is 23.1 Å². The molecule has 3 aromatic carbocycles. The second-order valence-electron chi connectivity index (χ2n) is 9.16. The van der Waals surface area contributed by atoms with Crippen LogP contribution in [0.1, 0.15) is 12.0 Å². The van der Waals surface area contributed by atoms with E-state index in [0.29, 0.717) is 36.6 Å². The fraction of sp³-hybridized carbons (Fsp3) is 0.214. The van der Waals surface area contributed by atoms with Gasteiger partial charge in [0.1, 0.15) is 48.4 Å². The number of nitrogens with zero attached hydrogens (tertiary/aromatic N) is 4. The fourth-order valence-corrected chi connectivity index (χ4v) is 4.61. The summed E-state index contributed by atoms with van der Waals surface area (Å²) in [4.78, 5) is 31.9. The lowest BCUT2D eigenvalue weighted by Crippen LogP contribution is -2.44. The molecule has 1 N–H and O–H groups in total. The number of nitrogens with one attached hydrogen (secondary N) is 1. The summed E-state index contributed by atoms with van der Waals surface area (Å²) in [6.45, 7) is 0.332. The monoisotopic (exact) mass is 517 g/mol. The second kappa shape index (κ2) is 11.2. The van der Waals surface area contributed by atoms with Crippen molar-refractivity contribution in [3.05, 3.63) is 103 Å². The van der Waals surface area contributed by atoms with Gasteiger partial charge >= 0.3 is 0 Å². The molecule has 1 fully saturated rings. The van der Waals surface area contributed by atoms with E-state index >= 15 is 0 Å². The molecule has 0 spiro atoms. The molecule has 8 nitrogen and oxygen atoms in total. The minimum atomic E-state index is -0.695. The Balaban J connectivity index is 1.27. The molecule has 1 aliphatic heterocycles. The van der Waals surface area contributed by atoms with Crippen molar-refractivity contribution in [3.8, 4) is 11.5 Å². The molecule has 0 radical (unpaired) electrons. The number of rotatable bonds is 8. The highest BCUT2D eigenvalue weighted by Gasteiger charge is 2.39. The number of halogens is 2. The van der Waals surface area contributed by atoms with E-state index in [1.54, 1.807) is 35.2 Å². The number of anilines is 1. The lowest BCUT2D eigenvalue weighted by molar-refractivity contribution is -0.137.